The average molecular weight is 234 g/mol. The van der Waals surface area contributed by atoms with Crippen molar-refractivity contribution in [3.05, 3.63) is 0 Å². The van der Waals surface area contributed by atoms with E-state index in [0.717, 1.165) is 0 Å². The molecule has 0 spiro atoms. The lowest BCUT2D eigenvalue weighted by Gasteiger charge is -2.17. The van der Waals surface area contributed by atoms with Crippen LogP contribution in [0.25, 0.3) is 0 Å². The summed E-state index contributed by atoms with van der Waals surface area (Å²) in [7, 11) is -0.221. The fraction of sp³-hybridized carbons (Fsp3) is 1.00. The highest BCUT2D eigenvalue weighted by Gasteiger charge is 2.14. The fourth-order valence-corrected chi connectivity index (χ4v) is 8.72. The van der Waals surface area contributed by atoms with Crippen molar-refractivity contribution in [3.63, 3.8) is 0 Å². The lowest BCUT2D eigenvalue weighted by Crippen LogP contribution is -2.21. The van der Waals surface area contributed by atoms with Crippen molar-refractivity contribution in [3.8, 4) is 0 Å². The maximum Gasteiger partial charge on any atom is 0.0446 e. The van der Waals surface area contributed by atoms with Crippen LogP contribution in [-0.2, 0) is 0 Å². The summed E-state index contributed by atoms with van der Waals surface area (Å²) >= 11 is 0. The molecule has 0 aliphatic heterocycles. The van der Waals surface area contributed by atoms with E-state index in [-0.39, 0.29) is 0 Å². The molecular formula is C10H27PSi2. The zero-order valence-corrected chi connectivity index (χ0v) is 13.3. The molecule has 13 heavy (non-hydrogen) atoms. The molecule has 0 N–H and O–H groups in total. The van der Waals surface area contributed by atoms with E-state index in [2.05, 4.69) is 39.3 Å². The van der Waals surface area contributed by atoms with Crippen LogP contribution in [0.15, 0.2) is 0 Å². The quantitative estimate of drug-likeness (QED) is 0.364. The Hall–Kier alpha value is 0.864. The minimum absolute atomic E-state index is 0.735. The van der Waals surface area contributed by atoms with Crippen LogP contribution in [0.3, 0.4) is 0 Å². The molecule has 0 aromatic heterocycles. The second kappa shape index (κ2) is 5.67. The van der Waals surface area contributed by atoms with Crippen molar-refractivity contribution in [2.75, 3.05) is 12.3 Å². The van der Waals surface area contributed by atoms with Crippen LogP contribution in [-0.4, -0.2) is 28.5 Å². The summed E-state index contributed by atoms with van der Waals surface area (Å²) < 4.78 is 0. The van der Waals surface area contributed by atoms with E-state index in [1.165, 1.54) is 33.0 Å². The van der Waals surface area contributed by atoms with Gasteiger partial charge in [-0.25, -0.2) is 0 Å². The Labute approximate surface area is 88.7 Å². The Morgan fingerprint density at radius 2 is 1.00 bits per heavy atom. The molecule has 0 saturated heterocycles. The number of hydrogen-bond acceptors (Lipinski definition) is 0. The molecule has 80 valence electrons. The first-order chi connectivity index (χ1) is 5.71. The molecule has 0 fully saturated rings. The molecule has 0 aromatic rings. The Morgan fingerprint density at radius 3 is 1.23 bits per heavy atom. The van der Waals surface area contributed by atoms with Gasteiger partial charge in [0.1, 0.15) is 0 Å². The molecule has 0 aliphatic carbocycles. The summed E-state index contributed by atoms with van der Waals surface area (Å²) in [5, 5.41) is 0. The summed E-state index contributed by atoms with van der Waals surface area (Å²) in [4.78, 5) is 0. The highest BCUT2D eigenvalue weighted by atomic mass is 31.1. The molecule has 0 bridgehead atoms. The van der Waals surface area contributed by atoms with Crippen molar-refractivity contribution < 1.29 is 0 Å². The molecule has 0 heterocycles. The Kier molecular flexibility index (Phi) is 6.05. The molecule has 0 aromatic carbocycles. The van der Waals surface area contributed by atoms with Crippen molar-refractivity contribution in [1.29, 1.82) is 0 Å². The first kappa shape index (κ1) is 13.9. The van der Waals surface area contributed by atoms with Crippen molar-refractivity contribution in [2.24, 2.45) is 0 Å². The van der Waals surface area contributed by atoms with E-state index in [4.69, 9.17) is 0 Å². The van der Waals surface area contributed by atoms with E-state index in [0.29, 0.717) is 0 Å². The van der Waals surface area contributed by atoms with Gasteiger partial charge in [-0.05, 0) is 12.3 Å². The van der Waals surface area contributed by atoms with E-state index >= 15 is 0 Å². The van der Waals surface area contributed by atoms with E-state index in [1.807, 2.05) is 0 Å². The number of rotatable bonds is 6. The predicted octanol–water partition coefficient (Wildman–Crippen LogP) is 4.34. The van der Waals surface area contributed by atoms with E-state index in [1.54, 1.807) is 0 Å². The third-order valence-electron chi connectivity index (χ3n) is 2.10. The fourth-order valence-electron chi connectivity index (χ4n) is 1.05. The van der Waals surface area contributed by atoms with Crippen molar-refractivity contribution >= 4 is 24.7 Å². The number of hydrogen-bond donors (Lipinski definition) is 0. The van der Waals surface area contributed by atoms with Crippen LogP contribution in [0, 0.1) is 0 Å². The van der Waals surface area contributed by atoms with Crippen LogP contribution in [0.5, 0.6) is 0 Å². The lowest BCUT2D eigenvalue weighted by molar-refractivity contribution is 1.32. The largest absolute Gasteiger partial charge is 0.123 e. The average Bonchev–Trinajstić information content (AvgIpc) is 1.81. The standard InChI is InChI=1S/C10H27PSi2/c1-12(2,3)9-7-11-8-10-13(4,5)6/h11H,7-10H2,1-6H3. The second-order valence-corrected chi connectivity index (χ2v) is 19.1. The summed E-state index contributed by atoms with van der Waals surface area (Å²) in [6, 6.07) is 3.08. The van der Waals surface area contributed by atoms with Gasteiger partial charge in [0, 0.05) is 16.1 Å². The van der Waals surface area contributed by atoms with Gasteiger partial charge >= 0.3 is 0 Å². The molecule has 0 aliphatic rings. The van der Waals surface area contributed by atoms with Crippen LogP contribution in [0.2, 0.25) is 51.4 Å². The Bertz CT molecular complexity index is 117. The monoisotopic (exact) mass is 234 g/mol. The molecule has 0 saturated carbocycles. The highest BCUT2D eigenvalue weighted by molar-refractivity contribution is 7.38. The SMILES string of the molecule is C[Si](C)(C)CCPCC[Si](C)(C)C. The summed E-state index contributed by atoms with van der Waals surface area (Å²) in [5.41, 5.74) is 0. The normalized spacial score (nSPS) is 13.4. The van der Waals surface area contributed by atoms with Crippen LogP contribution in [0.4, 0.5) is 0 Å². The maximum absolute atomic E-state index is 2.48. The summed E-state index contributed by atoms with van der Waals surface area (Å²) in [6.07, 6.45) is 3.03. The molecule has 0 unspecified atom stereocenters. The van der Waals surface area contributed by atoms with Gasteiger partial charge in [-0.2, -0.15) is 0 Å². The van der Waals surface area contributed by atoms with E-state index in [9.17, 15) is 0 Å². The van der Waals surface area contributed by atoms with Gasteiger partial charge in [0.05, 0.1) is 0 Å². The first-order valence-electron chi connectivity index (χ1n) is 5.41. The minimum Gasteiger partial charge on any atom is -0.123 e. The molecule has 0 atom stereocenters. The van der Waals surface area contributed by atoms with Gasteiger partial charge in [-0.1, -0.05) is 51.4 Å². The van der Waals surface area contributed by atoms with Gasteiger partial charge < -0.3 is 0 Å². The van der Waals surface area contributed by atoms with Crippen molar-refractivity contribution in [2.45, 2.75) is 51.4 Å². The second-order valence-electron chi connectivity index (χ2n) is 6.37. The maximum atomic E-state index is 2.48. The van der Waals surface area contributed by atoms with Crippen LogP contribution >= 0.6 is 8.58 Å². The molecule has 3 heteroatoms. The van der Waals surface area contributed by atoms with Crippen LogP contribution < -0.4 is 0 Å². The molecule has 0 rings (SSSR count). The minimum atomic E-state index is -0.735. The predicted molar refractivity (Wildman–Crippen MR) is 74.4 cm³/mol. The molecule has 0 amide bonds. The smallest absolute Gasteiger partial charge is 0.0446 e. The lowest BCUT2D eigenvalue weighted by atomic mass is 10.9. The van der Waals surface area contributed by atoms with Crippen molar-refractivity contribution in [1.82, 2.24) is 0 Å². The molecule has 0 nitrogen and oxygen atoms in total. The summed E-state index contributed by atoms with van der Waals surface area (Å²) in [5.74, 6) is 0. The molecular weight excluding hydrogens is 207 g/mol. The van der Waals surface area contributed by atoms with E-state index < -0.39 is 16.1 Å². The Morgan fingerprint density at radius 1 is 0.692 bits per heavy atom. The topological polar surface area (TPSA) is 0 Å². The molecule has 0 radical (unpaired) electrons. The highest BCUT2D eigenvalue weighted by Crippen LogP contribution is 2.22. The first-order valence-corrected chi connectivity index (χ1v) is 14.2. The van der Waals surface area contributed by atoms with Gasteiger partial charge in [0.15, 0.2) is 0 Å². The Balaban J connectivity index is 3.28. The van der Waals surface area contributed by atoms with Gasteiger partial charge in [-0.3, -0.25) is 0 Å². The summed E-state index contributed by atoms with van der Waals surface area (Å²) in [6.45, 7) is 14.9. The zero-order chi connectivity index (χ0) is 10.5. The van der Waals surface area contributed by atoms with Crippen LogP contribution in [0.1, 0.15) is 0 Å². The third-order valence-corrected chi connectivity index (χ3v) is 7.81. The van der Waals surface area contributed by atoms with Gasteiger partial charge in [0.25, 0.3) is 0 Å². The van der Waals surface area contributed by atoms with Gasteiger partial charge in [-0.15, -0.1) is 8.58 Å². The zero-order valence-electron chi connectivity index (χ0n) is 10.3. The third kappa shape index (κ3) is 12.9. The van der Waals surface area contributed by atoms with Gasteiger partial charge in [0.2, 0.25) is 0 Å².